The lowest BCUT2D eigenvalue weighted by atomic mass is 9.95. The second kappa shape index (κ2) is 13.1. The Kier molecular flexibility index (Phi) is 9.27. The standard InChI is InChI=1S/C33H31IN2O5S/c1-5-39-26-17-23(16-25(34)30(26)41-19-22-10-8-7-9-11-22)18-27-31(37)36-29(24-14-12-20(3)13-15-24)28(32(38)40-6-2)21(4)35-33(36)42-27/h7-18,29H,5-6,19H2,1-4H3/b27-18-/t29-/m0/s1. The van der Waals surface area contributed by atoms with Crippen molar-refractivity contribution in [2.24, 2.45) is 4.99 Å². The van der Waals surface area contributed by atoms with Crippen molar-refractivity contribution in [3.05, 3.63) is 124 Å². The number of carbonyl (C=O) groups is 1. The number of hydrogen-bond donors (Lipinski definition) is 0. The van der Waals surface area contributed by atoms with Crippen molar-refractivity contribution in [1.82, 2.24) is 4.57 Å². The predicted octanol–water partition coefficient (Wildman–Crippen LogP) is 5.69. The molecule has 5 rings (SSSR count). The predicted molar refractivity (Wildman–Crippen MR) is 173 cm³/mol. The summed E-state index contributed by atoms with van der Waals surface area (Å²) >= 11 is 3.53. The molecular formula is C33H31IN2O5S. The number of halogens is 1. The van der Waals surface area contributed by atoms with Gasteiger partial charge < -0.3 is 14.2 Å². The fourth-order valence-corrected chi connectivity index (χ4v) is 6.64. The molecule has 1 aromatic heterocycles. The summed E-state index contributed by atoms with van der Waals surface area (Å²) in [6, 6.07) is 21.0. The molecule has 0 saturated carbocycles. The Hall–Kier alpha value is -3.70. The Morgan fingerprint density at radius 1 is 1.02 bits per heavy atom. The lowest BCUT2D eigenvalue weighted by molar-refractivity contribution is -0.139. The SMILES string of the molecule is CCOC(=O)C1=C(C)N=c2s/c(=C\c3cc(I)c(OCc4ccccc4)c(OCC)c3)c(=O)n2[C@H]1c1ccc(C)cc1. The highest BCUT2D eigenvalue weighted by Crippen LogP contribution is 2.35. The van der Waals surface area contributed by atoms with Gasteiger partial charge in [-0.15, -0.1) is 0 Å². The van der Waals surface area contributed by atoms with Gasteiger partial charge in [-0.25, -0.2) is 9.79 Å². The molecule has 2 heterocycles. The van der Waals surface area contributed by atoms with Crippen molar-refractivity contribution < 1.29 is 19.0 Å². The Bertz CT molecular complexity index is 1830. The second-order valence-corrected chi connectivity index (χ2v) is 11.9. The van der Waals surface area contributed by atoms with Crippen LogP contribution in [-0.2, 0) is 16.1 Å². The number of allylic oxidation sites excluding steroid dienone is 1. The molecule has 1 aliphatic rings. The van der Waals surface area contributed by atoms with Crippen LogP contribution in [0.5, 0.6) is 11.5 Å². The monoisotopic (exact) mass is 694 g/mol. The van der Waals surface area contributed by atoms with Gasteiger partial charge in [0.05, 0.1) is 38.6 Å². The van der Waals surface area contributed by atoms with E-state index in [0.717, 1.165) is 25.8 Å². The summed E-state index contributed by atoms with van der Waals surface area (Å²) in [6.07, 6.45) is 1.84. The van der Waals surface area contributed by atoms with Crippen molar-refractivity contribution in [3.63, 3.8) is 0 Å². The minimum absolute atomic E-state index is 0.226. The largest absolute Gasteiger partial charge is 0.490 e. The van der Waals surface area contributed by atoms with Crippen LogP contribution in [0.2, 0.25) is 0 Å². The summed E-state index contributed by atoms with van der Waals surface area (Å²) in [6.45, 7) is 8.58. The average molecular weight is 695 g/mol. The van der Waals surface area contributed by atoms with Gasteiger partial charge in [0.25, 0.3) is 5.56 Å². The molecule has 0 N–H and O–H groups in total. The number of ether oxygens (including phenoxy) is 3. The van der Waals surface area contributed by atoms with Gasteiger partial charge >= 0.3 is 5.97 Å². The summed E-state index contributed by atoms with van der Waals surface area (Å²) in [5.74, 6) is 0.798. The molecule has 0 spiro atoms. The molecule has 9 heteroatoms. The molecule has 7 nitrogen and oxygen atoms in total. The molecule has 42 heavy (non-hydrogen) atoms. The number of carbonyl (C=O) groups excluding carboxylic acids is 1. The first-order valence-corrected chi connectivity index (χ1v) is 15.6. The molecule has 0 radical (unpaired) electrons. The van der Waals surface area contributed by atoms with E-state index < -0.39 is 12.0 Å². The molecule has 4 aromatic rings. The zero-order valence-electron chi connectivity index (χ0n) is 23.8. The second-order valence-electron chi connectivity index (χ2n) is 9.75. The van der Waals surface area contributed by atoms with Gasteiger partial charge in [0.15, 0.2) is 16.3 Å². The maximum atomic E-state index is 14.0. The van der Waals surface area contributed by atoms with Crippen molar-refractivity contribution in [1.29, 1.82) is 0 Å². The zero-order chi connectivity index (χ0) is 29.8. The van der Waals surface area contributed by atoms with Crippen molar-refractivity contribution in [3.8, 4) is 11.5 Å². The van der Waals surface area contributed by atoms with E-state index in [2.05, 4.69) is 27.6 Å². The molecule has 0 aliphatic carbocycles. The van der Waals surface area contributed by atoms with Crippen LogP contribution in [0.3, 0.4) is 0 Å². The van der Waals surface area contributed by atoms with E-state index in [1.807, 2.05) is 86.7 Å². The number of esters is 1. The highest BCUT2D eigenvalue weighted by atomic mass is 127. The van der Waals surface area contributed by atoms with Gasteiger partial charge in [0.1, 0.15) is 6.61 Å². The van der Waals surface area contributed by atoms with Crippen molar-refractivity contribution in [2.75, 3.05) is 13.2 Å². The average Bonchev–Trinajstić information content (AvgIpc) is 3.27. The highest BCUT2D eigenvalue weighted by Gasteiger charge is 2.33. The maximum absolute atomic E-state index is 14.0. The Labute approximate surface area is 261 Å². The molecule has 216 valence electrons. The van der Waals surface area contributed by atoms with E-state index >= 15 is 0 Å². The fraction of sp³-hybridized carbons (Fsp3) is 0.242. The topological polar surface area (TPSA) is 79.1 Å². The van der Waals surface area contributed by atoms with Crippen LogP contribution in [-0.4, -0.2) is 23.8 Å². The van der Waals surface area contributed by atoms with Gasteiger partial charge in [-0.1, -0.05) is 71.5 Å². The zero-order valence-corrected chi connectivity index (χ0v) is 26.8. The maximum Gasteiger partial charge on any atom is 0.338 e. The molecular weight excluding hydrogens is 663 g/mol. The number of fused-ring (bicyclic) bond motifs is 1. The number of thiazole rings is 1. The van der Waals surface area contributed by atoms with Crippen LogP contribution in [0.4, 0.5) is 0 Å². The number of benzene rings is 3. The van der Waals surface area contributed by atoms with Crippen LogP contribution in [0.25, 0.3) is 6.08 Å². The van der Waals surface area contributed by atoms with E-state index in [4.69, 9.17) is 14.2 Å². The Morgan fingerprint density at radius 2 is 1.76 bits per heavy atom. The highest BCUT2D eigenvalue weighted by molar-refractivity contribution is 14.1. The van der Waals surface area contributed by atoms with E-state index in [0.29, 0.717) is 45.3 Å². The number of aromatic nitrogens is 1. The smallest absolute Gasteiger partial charge is 0.338 e. The number of rotatable bonds is 9. The van der Waals surface area contributed by atoms with Crippen LogP contribution in [0.15, 0.2) is 87.8 Å². The van der Waals surface area contributed by atoms with Crippen molar-refractivity contribution in [2.45, 2.75) is 40.3 Å². The summed E-state index contributed by atoms with van der Waals surface area (Å²) in [5.41, 5.74) is 4.44. The lowest BCUT2D eigenvalue weighted by Crippen LogP contribution is -2.39. The Balaban J connectivity index is 1.59. The van der Waals surface area contributed by atoms with E-state index in [-0.39, 0.29) is 12.2 Å². The Morgan fingerprint density at radius 3 is 2.45 bits per heavy atom. The fourth-order valence-electron chi connectivity index (χ4n) is 4.81. The van der Waals surface area contributed by atoms with E-state index in [1.54, 1.807) is 18.4 Å². The number of nitrogens with zero attached hydrogens (tertiary/aromatic N) is 2. The minimum atomic E-state index is -0.643. The third kappa shape index (κ3) is 6.22. The van der Waals surface area contributed by atoms with Gasteiger partial charge in [0, 0.05) is 0 Å². The van der Waals surface area contributed by atoms with Gasteiger partial charge in [-0.2, -0.15) is 0 Å². The third-order valence-corrected chi connectivity index (χ3v) is 8.55. The molecule has 0 saturated heterocycles. The molecule has 3 aromatic carbocycles. The molecule has 1 aliphatic heterocycles. The quantitative estimate of drug-likeness (QED) is 0.166. The van der Waals surface area contributed by atoms with Crippen LogP contribution in [0.1, 0.15) is 49.1 Å². The minimum Gasteiger partial charge on any atom is -0.490 e. The normalized spacial score (nSPS) is 14.8. The number of hydrogen-bond acceptors (Lipinski definition) is 7. The van der Waals surface area contributed by atoms with Gasteiger partial charge in [0.2, 0.25) is 0 Å². The van der Waals surface area contributed by atoms with Crippen LogP contribution >= 0.6 is 33.9 Å². The first-order chi connectivity index (χ1) is 20.3. The molecule has 0 amide bonds. The van der Waals surface area contributed by atoms with Gasteiger partial charge in [-0.3, -0.25) is 9.36 Å². The molecule has 0 fully saturated rings. The lowest BCUT2D eigenvalue weighted by Gasteiger charge is -2.24. The van der Waals surface area contributed by atoms with Gasteiger partial charge in [-0.05, 0) is 85.2 Å². The van der Waals surface area contributed by atoms with E-state index in [1.165, 1.54) is 11.3 Å². The summed E-state index contributed by atoms with van der Waals surface area (Å²) in [4.78, 5) is 32.3. The molecule has 1 atom stereocenters. The molecule has 0 unspecified atom stereocenters. The summed E-state index contributed by atoms with van der Waals surface area (Å²) in [5, 5.41) is 0. The number of aryl methyl sites for hydroxylation is 1. The van der Waals surface area contributed by atoms with Crippen LogP contribution < -0.4 is 24.4 Å². The van der Waals surface area contributed by atoms with Crippen LogP contribution in [0, 0.1) is 10.5 Å². The van der Waals surface area contributed by atoms with E-state index in [9.17, 15) is 9.59 Å². The van der Waals surface area contributed by atoms with Crippen molar-refractivity contribution >= 4 is 46.0 Å². The first kappa shape index (κ1) is 29.8. The molecule has 0 bridgehead atoms. The summed E-state index contributed by atoms with van der Waals surface area (Å²) in [7, 11) is 0. The first-order valence-electron chi connectivity index (χ1n) is 13.7. The third-order valence-electron chi connectivity index (χ3n) is 6.77. The summed E-state index contributed by atoms with van der Waals surface area (Å²) < 4.78 is 20.5.